The smallest absolute Gasteiger partial charge is 0.407 e. The van der Waals surface area contributed by atoms with Crippen LogP contribution in [0.2, 0.25) is 0 Å². The summed E-state index contributed by atoms with van der Waals surface area (Å²) < 4.78 is 9.90. The Hall–Kier alpha value is -1.46. The van der Waals surface area contributed by atoms with Crippen molar-refractivity contribution in [1.82, 2.24) is 10.6 Å². The highest BCUT2D eigenvalue weighted by atomic mass is 16.6. The third-order valence-electron chi connectivity index (χ3n) is 1.48. The maximum absolute atomic E-state index is 11.3. The van der Waals surface area contributed by atoms with E-state index >= 15 is 0 Å². The predicted octanol–water partition coefficient (Wildman–Crippen LogP) is 2.04. The van der Waals surface area contributed by atoms with Gasteiger partial charge in [-0.2, -0.15) is 0 Å². The molecule has 0 heterocycles. The van der Waals surface area contributed by atoms with Crippen LogP contribution in [0.15, 0.2) is 0 Å². The molecular weight excluding hydrogens is 236 g/mol. The molecule has 0 radical (unpaired) electrons. The number of hydrogen-bond acceptors (Lipinski definition) is 4. The molecule has 0 aromatic rings. The second kappa shape index (κ2) is 6.47. The van der Waals surface area contributed by atoms with E-state index in [4.69, 9.17) is 9.47 Å². The van der Waals surface area contributed by atoms with Gasteiger partial charge in [-0.25, -0.2) is 9.59 Å². The van der Waals surface area contributed by atoms with Gasteiger partial charge in [0, 0.05) is 5.54 Å². The summed E-state index contributed by atoms with van der Waals surface area (Å²) in [5.74, 6) is 0. The summed E-state index contributed by atoms with van der Waals surface area (Å²) in [4.78, 5) is 22.5. The summed E-state index contributed by atoms with van der Waals surface area (Å²) >= 11 is 0. The second-order valence-electron chi connectivity index (χ2n) is 5.94. The van der Waals surface area contributed by atoms with Gasteiger partial charge >= 0.3 is 12.2 Å². The van der Waals surface area contributed by atoms with Crippen molar-refractivity contribution in [2.45, 2.75) is 52.7 Å². The number of nitrogens with one attached hydrogen (secondary N) is 2. The highest BCUT2D eigenvalue weighted by molar-refractivity contribution is 5.68. The number of alkyl carbamates (subject to hydrolysis) is 2. The van der Waals surface area contributed by atoms with Crippen molar-refractivity contribution in [3.05, 3.63) is 0 Å². The molecule has 0 unspecified atom stereocenters. The fourth-order valence-electron chi connectivity index (χ4n) is 0.953. The molecule has 0 aliphatic heterocycles. The van der Waals surface area contributed by atoms with E-state index in [0.717, 1.165) is 0 Å². The minimum Gasteiger partial charge on any atom is -0.448 e. The average molecular weight is 260 g/mol. The molecule has 6 heteroatoms. The van der Waals surface area contributed by atoms with Gasteiger partial charge < -0.3 is 20.1 Å². The molecule has 0 rings (SSSR count). The zero-order valence-electron chi connectivity index (χ0n) is 12.0. The van der Waals surface area contributed by atoms with Crippen molar-refractivity contribution < 1.29 is 19.1 Å². The predicted molar refractivity (Wildman–Crippen MR) is 68.5 cm³/mol. The summed E-state index contributed by atoms with van der Waals surface area (Å²) in [6, 6.07) is 0. The van der Waals surface area contributed by atoms with Gasteiger partial charge in [0.2, 0.25) is 0 Å². The molecule has 106 valence electrons. The lowest BCUT2D eigenvalue weighted by molar-refractivity contribution is 0.0510. The first kappa shape index (κ1) is 16.5. The number of hydrogen-bond donors (Lipinski definition) is 2. The summed E-state index contributed by atoms with van der Waals surface area (Å²) in [7, 11) is 0. The molecule has 6 nitrogen and oxygen atoms in total. The molecule has 0 atom stereocenters. The zero-order chi connectivity index (χ0) is 14.4. The lowest BCUT2D eigenvalue weighted by Crippen LogP contribution is -2.42. The van der Waals surface area contributed by atoms with Crippen LogP contribution in [-0.4, -0.2) is 36.5 Å². The van der Waals surface area contributed by atoms with Crippen LogP contribution < -0.4 is 10.6 Å². The normalized spacial score (nSPS) is 11.7. The number of carbonyl (C=O) groups is 2. The van der Waals surface area contributed by atoms with E-state index in [0.29, 0.717) is 0 Å². The summed E-state index contributed by atoms with van der Waals surface area (Å²) in [6.45, 7) is 11.2. The van der Waals surface area contributed by atoms with E-state index < -0.39 is 17.8 Å². The largest absolute Gasteiger partial charge is 0.448 e. The summed E-state index contributed by atoms with van der Waals surface area (Å²) in [5.41, 5.74) is -0.871. The maximum Gasteiger partial charge on any atom is 0.407 e. The van der Waals surface area contributed by atoms with E-state index in [-0.39, 0.29) is 18.7 Å². The van der Waals surface area contributed by atoms with Crippen LogP contribution in [0.25, 0.3) is 0 Å². The average Bonchev–Trinajstić information content (AvgIpc) is 2.06. The minimum atomic E-state index is -0.533. The molecular formula is C12H24N2O4. The Morgan fingerprint density at radius 2 is 1.56 bits per heavy atom. The number of rotatable bonds is 3. The van der Waals surface area contributed by atoms with Gasteiger partial charge in [0.1, 0.15) is 12.2 Å². The third kappa shape index (κ3) is 11.0. The molecule has 0 saturated carbocycles. The second-order valence-corrected chi connectivity index (χ2v) is 5.94. The van der Waals surface area contributed by atoms with Crippen LogP contribution in [-0.2, 0) is 9.47 Å². The number of ether oxygens (including phenoxy) is 2. The van der Waals surface area contributed by atoms with Gasteiger partial charge in [-0.3, -0.25) is 0 Å². The fraction of sp³-hybridized carbons (Fsp3) is 0.833. The molecule has 0 fully saturated rings. The van der Waals surface area contributed by atoms with Gasteiger partial charge in [0.15, 0.2) is 0 Å². The third-order valence-corrected chi connectivity index (χ3v) is 1.48. The van der Waals surface area contributed by atoms with Crippen molar-refractivity contribution in [3.8, 4) is 0 Å². The van der Waals surface area contributed by atoms with Crippen LogP contribution in [0.3, 0.4) is 0 Å². The molecule has 0 aromatic heterocycles. The molecule has 0 aliphatic rings. The molecule has 0 spiro atoms. The summed E-state index contributed by atoms with van der Waals surface area (Å²) in [6.07, 6.45) is -1.03. The zero-order valence-corrected chi connectivity index (χ0v) is 12.0. The van der Waals surface area contributed by atoms with Crippen LogP contribution in [0, 0.1) is 0 Å². The Bertz CT molecular complexity index is 259. The van der Waals surface area contributed by atoms with Gasteiger partial charge in [-0.15, -0.1) is 0 Å². The first-order valence-corrected chi connectivity index (χ1v) is 5.91. The highest BCUT2D eigenvalue weighted by Crippen LogP contribution is 2.06. The standard InChI is InChI=1S/C12H24N2O4/c1-11(2,3)14-10(16)17-8-7-13-9(15)18-12(4,5)6/h7-8H2,1-6H3,(H,13,15)(H,14,16). The molecule has 0 bridgehead atoms. The van der Waals surface area contributed by atoms with Crippen molar-refractivity contribution in [3.63, 3.8) is 0 Å². The number of amides is 2. The molecule has 0 saturated heterocycles. The topological polar surface area (TPSA) is 76.7 Å². The van der Waals surface area contributed by atoms with E-state index in [1.165, 1.54) is 0 Å². The van der Waals surface area contributed by atoms with Crippen molar-refractivity contribution in [2.24, 2.45) is 0 Å². The van der Waals surface area contributed by atoms with E-state index in [9.17, 15) is 9.59 Å². The van der Waals surface area contributed by atoms with E-state index in [1.807, 2.05) is 20.8 Å². The van der Waals surface area contributed by atoms with Crippen LogP contribution in [0.5, 0.6) is 0 Å². The Labute approximate surface area is 108 Å². The summed E-state index contributed by atoms with van der Waals surface area (Å²) in [5, 5.41) is 5.13. The Morgan fingerprint density at radius 1 is 1.00 bits per heavy atom. The van der Waals surface area contributed by atoms with Crippen molar-refractivity contribution in [1.29, 1.82) is 0 Å². The van der Waals surface area contributed by atoms with E-state index in [1.54, 1.807) is 20.8 Å². The van der Waals surface area contributed by atoms with Crippen molar-refractivity contribution in [2.75, 3.05) is 13.2 Å². The van der Waals surface area contributed by atoms with Crippen LogP contribution >= 0.6 is 0 Å². The number of carbonyl (C=O) groups excluding carboxylic acids is 2. The van der Waals surface area contributed by atoms with Crippen molar-refractivity contribution >= 4 is 12.2 Å². The minimum absolute atomic E-state index is 0.0984. The Morgan fingerprint density at radius 3 is 2.00 bits per heavy atom. The first-order chi connectivity index (χ1) is 7.99. The lowest BCUT2D eigenvalue weighted by Gasteiger charge is -2.21. The fourth-order valence-corrected chi connectivity index (χ4v) is 0.953. The first-order valence-electron chi connectivity index (χ1n) is 5.91. The lowest BCUT2D eigenvalue weighted by atomic mass is 10.1. The highest BCUT2D eigenvalue weighted by Gasteiger charge is 2.16. The SMILES string of the molecule is CC(C)(C)NC(=O)OCCNC(=O)OC(C)(C)C. The Kier molecular flexibility index (Phi) is 5.94. The van der Waals surface area contributed by atoms with E-state index in [2.05, 4.69) is 10.6 Å². The molecule has 0 aromatic carbocycles. The molecule has 18 heavy (non-hydrogen) atoms. The van der Waals surface area contributed by atoms with Crippen LogP contribution in [0.1, 0.15) is 41.5 Å². The quantitative estimate of drug-likeness (QED) is 0.761. The van der Waals surface area contributed by atoms with Crippen LogP contribution in [0.4, 0.5) is 9.59 Å². The molecule has 0 aliphatic carbocycles. The van der Waals surface area contributed by atoms with Gasteiger partial charge in [0.05, 0.1) is 6.54 Å². The van der Waals surface area contributed by atoms with Gasteiger partial charge in [0.25, 0.3) is 0 Å². The maximum atomic E-state index is 11.3. The molecule has 2 N–H and O–H groups in total. The van der Waals surface area contributed by atoms with Gasteiger partial charge in [-0.05, 0) is 41.5 Å². The Balaban J connectivity index is 3.69. The van der Waals surface area contributed by atoms with Gasteiger partial charge in [-0.1, -0.05) is 0 Å². The molecule has 2 amide bonds. The monoisotopic (exact) mass is 260 g/mol.